The Kier molecular flexibility index (Phi) is 5.95. The zero-order valence-electron chi connectivity index (χ0n) is 11.5. The zero-order chi connectivity index (χ0) is 13.5. The lowest BCUT2D eigenvalue weighted by Crippen LogP contribution is -2.25. The van der Waals surface area contributed by atoms with Gasteiger partial charge < -0.3 is 14.8 Å². The summed E-state index contributed by atoms with van der Waals surface area (Å²) in [5.74, 6) is 0.746. The van der Waals surface area contributed by atoms with Crippen LogP contribution in [0.3, 0.4) is 0 Å². The van der Waals surface area contributed by atoms with Crippen molar-refractivity contribution in [1.29, 1.82) is 0 Å². The Balaban J connectivity index is 1.85. The summed E-state index contributed by atoms with van der Waals surface area (Å²) in [6.45, 7) is 5.32. The fraction of sp³-hybridized carbons (Fsp3) is 0.600. The van der Waals surface area contributed by atoms with E-state index in [0.29, 0.717) is 11.6 Å². The molecular formula is C15H22ClNO2. The largest absolute Gasteiger partial charge is 0.489 e. The van der Waals surface area contributed by atoms with Crippen LogP contribution in [0.25, 0.3) is 0 Å². The number of halogens is 1. The summed E-state index contributed by atoms with van der Waals surface area (Å²) >= 11 is 6.23. The first-order chi connectivity index (χ1) is 9.29. The molecule has 1 heterocycles. The molecule has 2 rings (SSSR count). The Morgan fingerprint density at radius 2 is 2.32 bits per heavy atom. The van der Waals surface area contributed by atoms with Gasteiger partial charge in [0.05, 0.1) is 11.1 Å². The van der Waals surface area contributed by atoms with Gasteiger partial charge >= 0.3 is 0 Å². The maximum absolute atomic E-state index is 6.23. The predicted octanol–water partition coefficient (Wildman–Crippen LogP) is 3.40. The molecule has 3 nitrogen and oxygen atoms in total. The quantitative estimate of drug-likeness (QED) is 0.868. The van der Waals surface area contributed by atoms with Gasteiger partial charge in [0.2, 0.25) is 0 Å². The van der Waals surface area contributed by atoms with Gasteiger partial charge in [0.25, 0.3) is 0 Å². The van der Waals surface area contributed by atoms with Crippen LogP contribution in [-0.2, 0) is 11.3 Å². The summed E-state index contributed by atoms with van der Waals surface area (Å²) in [5, 5.41) is 3.95. The van der Waals surface area contributed by atoms with E-state index in [-0.39, 0.29) is 6.10 Å². The van der Waals surface area contributed by atoms with E-state index in [0.717, 1.165) is 38.3 Å². The minimum atomic E-state index is 0.214. The van der Waals surface area contributed by atoms with Crippen molar-refractivity contribution in [1.82, 2.24) is 5.32 Å². The third-order valence-electron chi connectivity index (χ3n) is 3.27. The molecule has 1 saturated heterocycles. The third-order valence-corrected chi connectivity index (χ3v) is 3.57. The summed E-state index contributed by atoms with van der Waals surface area (Å²) in [4.78, 5) is 0. The third kappa shape index (κ3) is 4.68. The van der Waals surface area contributed by atoms with Crippen molar-refractivity contribution < 1.29 is 9.47 Å². The Morgan fingerprint density at radius 3 is 3.00 bits per heavy atom. The molecule has 0 bridgehead atoms. The van der Waals surface area contributed by atoms with Crippen molar-refractivity contribution in [2.75, 3.05) is 19.8 Å². The second-order valence-electron chi connectivity index (χ2n) is 4.84. The van der Waals surface area contributed by atoms with E-state index in [1.165, 1.54) is 12.0 Å². The lowest BCUT2D eigenvalue weighted by molar-refractivity contribution is -0.0110. The fourth-order valence-corrected chi connectivity index (χ4v) is 2.42. The van der Waals surface area contributed by atoms with Crippen LogP contribution >= 0.6 is 11.6 Å². The number of nitrogens with one attached hydrogen (secondary N) is 1. The highest BCUT2D eigenvalue weighted by Gasteiger charge is 2.15. The van der Waals surface area contributed by atoms with Crippen LogP contribution in [0, 0.1) is 0 Å². The summed E-state index contributed by atoms with van der Waals surface area (Å²) in [5.41, 5.74) is 1.17. The van der Waals surface area contributed by atoms with E-state index in [2.05, 4.69) is 12.2 Å². The summed E-state index contributed by atoms with van der Waals surface area (Å²) in [6, 6.07) is 5.95. The zero-order valence-corrected chi connectivity index (χ0v) is 12.2. The molecule has 0 amide bonds. The van der Waals surface area contributed by atoms with Crippen LogP contribution in [0.15, 0.2) is 18.2 Å². The van der Waals surface area contributed by atoms with E-state index in [9.17, 15) is 0 Å². The standard InChI is InChI=1S/C15H22ClNO2/c1-2-17-10-12-6-7-15(14(16)9-12)19-11-13-5-3-4-8-18-13/h6-7,9,13,17H,2-5,8,10-11H2,1H3. The number of ether oxygens (including phenoxy) is 2. The van der Waals surface area contributed by atoms with Gasteiger partial charge in [0.1, 0.15) is 12.4 Å². The number of rotatable bonds is 6. The number of hydrogen-bond donors (Lipinski definition) is 1. The van der Waals surface area contributed by atoms with Crippen LogP contribution in [0.5, 0.6) is 5.75 Å². The van der Waals surface area contributed by atoms with Gasteiger partial charge in [-0.25, -0.2) is 0 Å². The van der Waals surface area contributed by atoms with E-state index < -0.39 is 0 Å². The van der Waals surface area contributed by atoms with E-state index in [1.54, 1.807) is 0 Å². The second-order valence-corrected chi connectivity index (χ2v) is 5.25. The van der Waals surface area contributed by atoms with Crippen LogP contribution in [0.2, 0.25) is 5.02 Å². The molecule has 1 aliphatic rings. The average Bonchev–Trinajstić information content (AvgIpc) is 2.45. The fourth-order valence-electron chi connectivity index (χ4n) is 2.16. The van der Waals surface area contributed by atoms with Crippen LogP contribution in [0.1, 0.15) is 31.7 Å². The van der Waals surface area contributed by atoms with Crippen molar-refractivity contribution in [3.8, 4) is 5.75 Å². The molecule has 0 aliphatic carbocycles. The second kappa shape index (κ2) is 7.73. The highest BCUT2D eigenvalue weighted by atomic mass is 35.5. The molecule has 1 aromatic carbocycles. The van der Waals surface area contributed by atoms with Gasteiger partial charge in [0.15, 0.2) is 0 Å². The SMILES string of the molecule is CCNCc1ccc(OCC2CCCCO2)c(Cl)c1. The average molecular weight is 284 g/mol. The van der Waals surface area contributed by atoms with E-state index in [1.807, 2.05) is 18.2 Å². The highest BCUT2D eigenvalue weighted by molar-refractivity contribution is 6.32. The summed E-state index contributed by atoms with van der Waals surface area (Å²) in [6.07, 6.45) is 3.68. The maximum Gasteiger partial charge on any atom is 0.138 e. The Bertz CT molecular complexity index is 392. The van der Waals surface area contributed by atoms with Gasteiger partial charge in [-0.2, -0.15) is 0 Å². The van der Waals surface area contributed by atoms with Crippen molar-refractivity contribution in [2.24, 2.45) is 0 Å². The first-order valence-corrected chi connectivity index (χ1v) is 7.41. The molecule has 106 valence electrons. The minimum Gasteiger partial charge on any atom is -0.489 e. The molecule has 4 heteroatoms. The summed E-state index contributed by atoms with van der Waals surface area (Å²) in [7, 11) is 0. The minimum absolute atomic E-state index is 0.214. The molecule has 1 N–H and O–H groups in total. The molecule has 1 unspecified atom stereocenters. The maximum atomic E-state index is 6.23. The Labute approximate surface area is 120 Å². The van der Waals surface area contributed by atoms with E-state index >= 15 is 0 Å². The van der Waals surface area contributed by atoms with Gasteiger partial charge in [-0.1, -0.05) is 24.6 Å². The van der Waals surface area contributed by atoms with Crippen molar-refractivity contribution in [3.05, 3.63) is 28.8 Å². The van der Waals surface area contributed by atoms with E-state index in [4.69, 9.17) is 21.1 Å². The van der Waals surface area contributed by atoms with Crippen molar-refractivity contribution in [2.45, 2.75) is 38.8 Å². The van der Waals surface area contributed by atoms with Crippen molar-refractivity contribution in [3.63, 3.8) is 0 Å². The number of benzene rings is 1. The van der Waals surface area contributed by atoms with Gasteiger partial charge in [-0.15, -0.1) is 0 Å². The first kappa shape index (κ1) is 14.6. The molecule has 1 aromatic rings. The molecular weight excluding hydrogens is 262 g/mol. The highest BCUT2D eigenvalue weighted by Crippen LogP contribution is 2.26. The molecule has 1 aliphatic heterocycles. The molecule has 1 atom stereocenters. The van der Waals surface area contributed by atoms with Crippen LogP contribution in [0.4, 0.5) is 0 Å². The monoisotopic (exact) mass is 283 g/mol. The van der Waals surface area contributed by atoms with Gasteiger partial charge in [0, 0.05) is 13.2 Å². The topological polar surface area (TPSA) is 30.5 Å². The molecule has 1 fully saturated rings. The lowest BCUT2D eigenvalue weighted by Gasteiger charge is -2.22. The molecule has 0 radical (unpaired) electrons. The molecule has 0 spiro atoms. The lowest BCUT2D eigenvalue weighted by atomic mass is 10.1. The van der Waals surface area contributed by atoms with Gasteiger partial charge in [-0.3, -0.25) is 0 Å². The van der Waals surface area contributed by atoms with Gasteiger partial charge in [-0.05, 0) is 43.5 Å². The smallest absolute Gasteiger partial charge is 0.138 e. The normalized spacial score (nSPS) is 19.4. The molecule has 19 heavy (non-hydrogen) atoms. The summed E-state index contributed by atoms with van der Waals surface area (Å²) < 4.78 is 11.4. The number of hydrogen-bond acceptors (Lipinski definition) is 3. The predicted molar refractivity (Wildman–Crippen MR) is 77.9 cm³/mol. The van der Waals surface area contributed by atoms with Crippen molar-refractivity contribution >= 4 is 11.6 Å². The molecule has 0 aromatic heterocycles. The van der Waals surface area contributed by atoms with Crippen LogP contribution in [-0.4, -0.2) is 25.9 Å². The first-order valence-electron chi connectivity index (χ1n) is 7.03. The Hall–Kier alpha value is -0.770. The molecule has 0 saturated carbocycles. The van der Waals surface area contributed by atoms with Crippen LogP contribution < -0.4 is 10.1 Å². The Morgan fingerprint density at radius 1 is 1.42 bits per heavy atom.